The van der Waals surface area contributed by atoms with Gasteiger partial charge in [0.15, 0.2) is 0 Å². The summed E-state index contributed by atoms with van der Waals surface area (Å²) in [5.41, 5.74) is 2.63. The van der Waals surface area contributed by atoms with Gasteiger partial charge in [-0.15, -0.1) is 0 Å². The summed E-state index contributed by atoms with van der Waals surface area (Å²) in [6.07, 6.45) is 5.22. The summed E-state index contributed by atoms with van der Waals surface area (Å²) in [7, 11) is 0. The number of hydrogen-bond acceptors (Lipinski definition) is 3. The van der Waals surface area contributed by atoms with Gasteiger partial charge >= 0.3 is 0 Å². The third kappa shape index (κ3) is 2.17. The van der Waals surface area contributed by atoms with Crippen LogP contribution >= 0.6 is 0 Å². The number of aromatic nitrogens is 1. The van der Waals surface area contributed by atoms with E-state index in [0.717, 1.165) is 24.4 Å². The summed E-state index contributed by atoms with van der Waals surface area (Å²) >= 11 is 0. The molecule has 3 rings (SSSR count). The lowest BCUT2D eigenvalue weighted by Gasteiger charge is -2.26. The highest BCUT2D eigenvalue weighted by Crippen LogP contribution is 2.35. The Balaban J connectivity index is 1.73. The minimum Gasteiger partial charge on any atom is -0.316 e. The highest BCUT2D eigenvalue weighted by Gasteiger charge is 2.42. The van der Waals surface area contributed by atoms with Crippen LogP contribution in [0.1, 0.15) is 24.5 Å². The second-order valence-corrected chi connectivity index (χ2v) is 5.86. The lowest BCUT2D eigenvalue weighted by atomic mass is 9.93. The first kappa shape index (κ1) is 12.1. The summed E-state index contributed by atoms with van der Waals surface area (Å²) in [6, 6.07) is 3.03. The van der Waals surface area contributed by atoms with Gasteiger partial charge in [-0.1, -0.05) is 13.0 Å². The molecule has 2 aliphatic rings. The van der Waals surface area contributed by atoms with Gasteiger partial charge in [0.05, 0.1) is 0 Å². The third-order valence-electron chi connectivity index (χ3n) is 4.56. The molecule has 0 bridgehead atoms. The van der Waals surface area contributed by atoms with Gasteiger partial charge in [-0.3, -0.25) is 9.88 Å². The summed E-state index contributed by atoms with van der Waals surface area (Å²) < 4.78 is 0. The van der Waals surface area contributed by atoms with E-state index in [-0.39, 0.29) is 0 Å². The zero-order valence-corrected chi connectivity index (χ0v) is 11.4. The fraction of sp³-hybridized carbons (Fsp3) is 0.667. The summed E-state index contributed by atoms with van der Waals surface area (Å²) in [6.45, 7) is 9.20. The number of nitrogens with zero attached hydrogens (tertiary/aromatic N) is 2. The molecular weight excluding hydrogens is 222 g/mol. The van der Waals surface area contributed by atoms with Crippen LogP contribution in [0.5, 0.6) is 0 Å². The Kier molecular flexibility index (Phi) is 3.35. The normalized spacial score (nSPS) is 31.8. The van der Waals surface area contributed by atoms with Crippen molar-refractivity contribution in [2.75, 3.05) is 19.6 Å². The number of hydrogen-bond donors (Lipinski definition) is 1. The molecule has 98 valence electrons. The maximum Gasteiger partial charge on any atom is 0.0313 e. The molecular formula is C15H23N3. The average molecular weight is 245 g/mol. The first-order valence-corrected chi connectivity index (χ1v) is 7.13. The fourth-order valence-electron chi connectivity index (χ4n) is 3.79. The van der Waals surface area contributed by atoms with Crippen LogP contribution in [-0.4, -0.2) is 35.6 Å². The van der Waals surface area contributed by atoms with Gasteiger partial charge in [-0.2, -0.15) is 0 Å². The maximum atomic E-state index is 4.31. The smallest absolute Gasteiger partial charge is 0.0313 e. The number of fused-ring (bicyclic) bond motifs is 1. The van der Waals surface area contributed by atoms with E-state index in [1.807, 2.05) is 12.4 Å². The molecule has 3 heteroatoms. The highest BCUT2D eigenvalue weighted by atomic mass is 15.2. The predicted molar refractivity (Wildman–Crippen MR) is 73.3 cm³/mol. The van der Waals surface area contributed by atoms with E-state index in [0.29, 0.717) is 0 Å². The van der Waals surface area contributed by atoms with Gasteiger partial charge in [0, 0.05) is 31.5 Å². The van der Waals surface area contributed by atoms with Crippen molar-refractivity contribution in [3.8, 4) is 0 Å². The van der Waals surface area contributed by atoms with Gasteiger partial charge in [0.25, 0.3) is 0 Å². The van der Waals surface area contributed by atoms with Crippen LogP contribution in [0.4, 0.5) is 0 Å². The zero-order chi connectivity index (χ0) is 12.5. The van der Waals surface area contributed by atoms with Crippen LogP contribution in [0.3, 0.4) is 0 Å². The zero-order valence-electron chi connectivity index (χ0n) is 11.4. The van der Waals surface area contributed by atoms with Crippen molar-refractivity contribution in [2.45, 2.75) is 32.9 Å². The first-order chi connectivity index (χ1) is 8.78. The number of rotatable bonds is 3. The Hall–Kier alpha value is -0.930. The average Bonchev–Trinajstić information content (AvgIpc) is 2.89. The second-order valence-electron chi connectivity index (χ2n) is 5.86. The van der Waals surface area contributed by atoms with Crippen molar-refractivity contribution in [3.05, 3.63) is 29.6 Å². The Bertz CT molecular complexity index is 418. The van der Waals surface area contributed by atoms with Crippen LogP contribution in [0.2, 0.25) is 0 Å². The van der Waals surface area contributed by atoms with Crippen molar-refractivity contribution in [1.29, 1.82) is 0 Å². The predicted octanol–water partition coefficient (Wildman–Crippen LogP) is 1.82. The molecule has 3 nitrogen and oxygen atoms in total. The van der Waals surface area contributed by atoms with E-state index in [2.05, 4.69) is 35.1 Å². The van der Waals surface area contributed by atoms with Gasteiger partial charge in [0.1, 0.15) is 0 Å². The Morgan fingerprint density at radius 3 is 3.06 bits per heavy atom. The first-order valence-electron chi connectivity index (χ1n) is 7.13. The van der Waals surface area contributed by atoms with Crippen LogP contribution in [0.25, 0.3) is 0 Å². The monoisotopic (exact) mass is 245 g/mol. The van der Waals surface area contributed by atoms with Crippen molar-refractivity contribution in [1.82, 2.24) is 15.2 Å². The summed E-state index contributed by atoms with van der Waals surface area (Å²) in [4.78, 5) is 6.98. The van der Waals surface area contributed by atoms with Crippen LogP contribution in [-0.2, 0) is 6.54 Å². The van der Waals surface area contributed by atoms with Gasteiger partial charge < -0.3 is 5.32 Å². The van der Waals surface area contributed by atoms with E-state index in [1.54, 1.807) is 0 Å². The molecule has 0 aromatic carbocycles. The number of aryl methyl sites for hydroxylation is 1. The maximum absolute atomic E-state index is 4.31. The molecule has 1 aromatic rings. The lowest BCUT2D eigenvalue weighted by Crippen LogP contribution is -2.34. The molecule has 18 heavy (non-hydrogen) atoms. The third-order valence-corrected chi connectivity index (χ3v) is 4.56. The standard InChI is InChI=1S/C15H23N3/c1-3-15-14-8-17-7-13(14)10-18(15)9-12-4-11(2)5-16-6-12/h4-6,13-15,17H,3,7-10H2,1-2H3. The topological polar surface area (TPSA) is 28.2 Å². The van der Waals surface area contributed by atoms with E-state index >= 15 is 0 Å². The molecule has 0 aliphatic carbocycles. The van der Waals surface area contributed by atoms with E-state index in [1.165, 1.54) is 37.2 Å². The number of pyridine rings is 1. The molecule has 1 N–H and O–H groups in total. The van der Waals surface area contributed by atoms with Gasteiger partial charge in [-0.05, 0) is 49.4 Å². The summed E-state index contributed by atoms with van der Waals surface area (Å²) in [5, 5.41) is 3.54. The van der Waals surface area contributed by atoms with Crippen molar-refractivity contribution < 1.29 is 0 Å². The quantitative estimate of drug-likeness (QED) is 0.880. The van der Waals surface area contributed by atoms with Gasteiger partial charge in [0.2, 0.25) is 0 Å². The molecule has 0 radical (unpaired) electrons. The summed E-state index contributed by atoms with van der Waals surface area (Å²) in [5.74, 6) is 1.74. The van der Waals surface area contributed by atoms with Crippen LogP contribution < -0.4 is 5.32 Å². The Morgan fingerprint density at radius 1 is 1.39 bits per heavy atom. The van der Waals surface area contributed by atoms with Crippen LogP contribution in [0, 0.1) is 18.8 Å². The van der Waals surface area contributed by atoms with Crippen molar-refractivity contribution >= 4 is 0 Å². The van der Waals surface area contributed by atoms with E-state index < -0.39 is 0 Å². The number of likely N-dealkylation sites (tertiary alicyclic amines) is 1. The van der Waals surface area contributed by atoms with Crippen molar-refractivity contribution in [3.63, 3.8) is 0 Å². The minimum atomic E-state index is 0.755. The largest absolute Gasteiger partial charge is 0.316 e. The number of nitrogens with one attached hydrogen (secondary N) is 1. The van der Waals surface area contributed by atoms with Crippen LogP contribution in [0.15, 0.2) is 18.5 Å². The minimum absolute atomic E-state index is 0.755. The van der Waals surface area contributed by atoms with E-state index in [9.17, 15) is 0 Å². The molecule has 0 saturated carbocycles. The molecule has 2 saturated heterocycles. The lowest BCUT2D eigenvalue weighted by molar-refractivity contribution is 0.210. The molecule has 3 unspecified atom stereocenters. The molecule has 2 aliphatic heterocycles. The molecule has 3 atom stereocenters. The van der Waals surface area contributed by atoms with Gasteiger partial charge in [-0.25, -0.2) is 0 Å². The Morgan fingerprint density at radius 2 is 2.28 bits per heavy atom. The van der Waals surface area contributed by atoms with E-state index in [4.69, 9.17) is 0 Å². The molecule has 0 amide bonds. The molecule has 0 spiro atoms. The molecule has 2 fully saturated rings. The second kappa shape index (κ2) is 4.98. The highest BCUT2D eigenvalue weighted by molar-refractivity contribution is 5.17. The molecule has 1 aromatic heterocycles. The Labute approximate surface area is 110 Å². The fourth-order valence-corrected chi connectivity index (χ4v) is 3.79. The van der Waals surface area contributed by atoms with Crippen molar-refractivity contribution in [2.24, 2.45) is 11.8 Å². The molecule has 3 heterocycles. The SMILES string of the molecule is CCC1C2CNCC2CN1Cc1cncc(C)c1.